The Labute approximate surface area is 209 Å². The minimum atomic E-state index is -2.28. The molecule has 1 aromatic rings. The number of esters is 2. The Morgan fingerprint density at radius 1 is 1.11 bits per heavy atom. The van der Waals surface area contributed by atoms with Crippen LogP contribution in [0.3, 0.4) is 0 Å². The maximum Gasteiger partial charge on any atom is 0.414 e. The third-order valence-corrected chi connectivity index (χ3v) is 10.5. The summed E-state index contributed by atoms with van der Waals surface area (Å²) in [6, 6.07) is 9.29. The highest BCUT2D eigenvalue weighted by Gasteiger charge is 2.41. The molecule has 9 heteroatoms. The molecule has 1 unspecified atom stereocenters. The van der Waals surface area contributed by atoms with Crippen LogP contribution in [0.4, 0.5) is 4.79 Å². The minimum Gasteiger partial charge on any atom is -0.539 e. The van der Waals surface area contributed by atoms with E-state index >= 15 is 0 Å². The Kier molecular flexibility index (Phi) is 9.70. The first-order valence-electron chi connectivity index (χ1n) is 11.7. The highest BCUT2D eigenvalue weighted by molar-refractivity contribution is 6.74. The van der Waals surface area contributed by atoms with E-state index in [4.69, 9.17) is 18.6 Å². The molecule has 1 aliphatic heterocycles. The molecule has 192 valence electrons. The minimum absolute atomic E-state index is 0.0870. The average Bonchev–Trinajstić information content (AvgIpc) is 3.24. The van der Waals surface area contributed by atoms with Crippen molar-refractivity contribution in [1.82, 2.24) is 4.90 Å². The van der Waals surface area contributed by atoms with E-state index in [2.05, 4.69) is 20.8 Å². The fourth-order valence-corrected chi connectivity index (χ4v) is 4.17. The van der Waals surface area contributed by atoms with Crippen LogP contribution in [-0.2, 0) is 34.8 Å². The maximum atomic E-state index is 12.8. The van der Waals surface area contributed by atoms with Crippen molar-refractivity contribution in [3.63, 3.8) is 0 Å². The molecule has 1 aliphatic rings. The predicted molar refractivity (Wildman–Crippen MR) is 135 cm³/mol. The van der Waals surface area contributed by atoms with Gasteiger partial charge in [-0.1, -0.05) is 51.1 Å². The topological polar surface area (TPSA) is 91.4 Å². The molecule has 8 nitrogen and oxygen atoms in total. The molecular formula is C26H37NO7Si. The highest BCUT2D eigenvalue weighted by atomic mass is 28.4. The van der Waals surface area contributed by atoms with Crippen molar-refractivity contribution in [1.29, 1.82) is 0 Å². The quantitative estimate of drug-likeness (QED) is 0.151. The standard InChI is InChI=1S/C26H37NO7Si/c1-8-32-23(28)21-16-20(17-27(21)25(30)33-18-19-12-10-9-11-13-19)14-15-22(24(29)31-5)34-35(6,7)26(2,3)4/h9-13,15-16,20H,8,14,17-18H2,1-7H3/b22-15-. The highest BCUT2D eigenvalue weighted by Crippen LogP contribution is 2.38. The van der Waals surface area contributed by atoms with Crippen LogP contribution in [0, 0.1) is 5.92 Å². The molecule has 0 spiro atoms. The normalized spacial score (nSPS) is 16.4. The fraction of sp³-hybridized carbons (Fsp3) is 0.500. The van der Waals surface area contributed by atoms with Crippen LogP contribution in [0.2, 0.25) is 18.1 Å². The molecule has 0 aliphatic carbocycles. The molecule has 1 heterocycles. The van der Waals surface area contributed by atoms with Crippen LogP contribution in [0.1, 0.15) is 39.7 Å². The number of nitrogens with zero attached hydrogens (tertiary/aromatic N) is 1. The van der Waals surface area contributed by atoms with E-state index < -0.39 is 26.3 Å². The second-order valence-corrected chi connectivity index (χ2v) is 14.6. The summed E-state index contributed by atoms with van der Waals surface area (Å²) in [5, 5.41) is -0.107. The van der Waals surface area contributed by atoms with Gasteiger partial charge >= 0.3 is 18.0 Å². The molecule has 1 aromatic carbocycles. The van der Waals surface area contributed by atoms with Crippen LogP contribution >= 0.6 is 0 Å². The van der Waals surface area contributed by atoms with Crippen LogP contribution < -0.4 is 0 Å². The fourth-order valence-electron chi connectivity index (χ4n) is 3.15. The van der Waals surface area contributed by atoms with Crippen LogP contribution in [0.5, 0.6) is 0 Å². The number of hydrogen-bond acceptors (Lipinski definition) is 7. The molecule has 2 rings (SSSR count). The molecule has 0 saturated carbocycles. The van der Waals surface area contributed by atoms with Crippen LogP contribution in [0.15, 0.2) is 53.9 Å². The first kappa shape index (κ1) is 28.2. The molecule has 0 N–H and O–H groups in total. The van der Waals surface area contributed by atoms with Gasteiger partial charge in [0.1, 0.15) is 12.3 Å². The second-order valence-electron chi connectivity index (χ2n) is 9.84. The molecule has 0 aromatic heterocycles. The maximum absolute atomic E-state index is 12.8. The van der Waals surface area contributed by atoms with Gasteiger partial charge in [0.2, 0.25) is 0 Å². The summed E-state index contributed by atoms with van der Waals surface area (Å²) < 4.78 is 21.7. The summed E-state index contributed by atoms with van der Waals surface area (Å²) in [5.41, 5.74) is 0.972. The summed E-state index contributed by atoms with van der Waals surface area (Å²) >= 11 is 0. The lowest BCUT2D eigenvalue weighted by Crippen LogP contribution is -2.41. The van der Waals surface area contributed by atoms with Gasteiger partial charge in [-0.3, -0.25) is 4.90 Å². The van der Waals surface area contributed by atoms with Crippen LogP contribution in [-0.4, -0.2) is 51.5 Å². The van der Waals surface area contributed by atoms with Gasteiger partial charge in [0.25, 0.3) is 8.32 Å². The summed E-state index contributed by atoms with van der Waals surface area (Å²) in [4.78, 5) is 39.0. The van der Waals surface area contributed by atoms with E-state index in [1.54, 1.807) is 19.1 Å². The Morgan fingerprint density at radius 2 is 1.77 bits per heavy atom. The molecule has 0 fully saturated rings. The van der Waals surface area contributed by atoms with E-state index in [1.165, 1.54) is 12.0 Å². The summed E-state index contributed by atoms with van der Waals surface area (Å²) in [5.74, 6) is -1.24. The summed E-state index contributed by atoms with van der Waals surface area (Å²) in [6.45, 7) is 12.5. The van der Waals surface area contributed by atoms with Gasteiger partial charge in [-0.15, -0.1) is 0 Å². The van der Waals surface area contributed by atoms with E-state index in [-0.39, 0.29) is 42.2 Å². The van der Waals surface area contributed by atoms with Gasteiger partial charge in [0.15, 0.2) is 5.76 Å². The zero-order chi connectivity index (χ0) is 26.2. The van der Waals surface area contributed by atoms with Crippen molar-refractivity contribution < 1.29 is 33.0 Å². The number of carbonyl (C=O) groups excluding carboxylic acids is 3. The largest absolute Gasteiger partial charge is 0.539 e. The van der Waals surface area contributed by atoms with E-state index in [9.17, 15) is 14.4 Å². The monoisotopic (exact) mass is 503 g/mol. The molecule has 1 amide bonds. The Balaban J connectivity index is 2.19. The zero-order valence-electron chi connectivity index (χ0n) is 21.8. The van der Waals surface area contributed by atoms with Crippen molar-refractivity contribution in [2.45, 2.75) is 58.9 Å². The molecule has 35 heavy (non-hydrogen) atoms. The summed E-state index contributed by atoms with van der Waals surface area (Å²) in [6.07, 6.45) is 3.09. The van der Waals surface area contributed by atoms with E-state index in [0.29, 0.717) is 6.42 Å². The van der Waals surface area contributed by atoms with E-state index in [1.807, 2.05) is 43.4 Å². The van der Waals surface area contributed by atoms with Crippen molar-refractivity contribution in [2.24, 2.45) is 5.92 Å². The predicted octanol–water partition coefficient (Wildman–Crippen LogP) is 5.17. The SMILES string of the molecule is CCOC(=O)C1=CC(C/C=C(\O[Si](C)(C)C(C)(C)C)C(=O)OC)CN1C(=O)OCc1ccccc1. The van der Waals surface area contributed by atoms with Gasteiger partial charge < -0.3 is 18.6 Å². The zero-order valence-corrected chi connectivity index (χ0v) is 22.8. The van der Waals surface area contributed by atoms with Crippen molar-refractivity contribution in [3.05, 3.63) is 59.5 Å². The first-order chi connectivity index (χ1) is 16.4. The number of carbonyl (C=O) groups is 3. The Bertz CT molecular complexity index is 964. The lowest BCUT2D eigenvalue weighted by atomic mass is 10.1. The van der Waals surface area contributed by atoms with Gasteiger partial charge in [0, 0.05) is 12.5 Å². The third-order valence-electron chi connectivity index (χ3n) is 6.18. The Hall–Kier alpha value is -3.07. The lowest BCUT2D eigenvalue weighted by molar-refractivity contribution is -0.140. The van der Waals surface area contributed by atoms with Gasteiger partial charge in [0.05, 0.1) is 13.7 Å². The van der Waals surface area contributed by atoms with Gasteiger partial charge in [-0.05, 0) is 49.2 Å². The number of hydrogen-bond donors (Lipinski definition) is 0. The Morgan fingerprint density at radius 3 is 2.34 bits per heavy atom. The van der Waals surface area contributed by atoms with E-state index in [0.717, 1.165) is 5.56 Å². The average molecular weight is 504 g/mol. The number of rotatable bonds is 9. The number of methoxy groups -OCH3 is 1. The number of ether oxygens (including phenoxy) is 3. The molecule has 1 atom stereocenters. The smallest absolute Gasteiger partial charge is 0.414 e. The molecule has 0 saturated heterocycles. The van der Waals surface area contributed by atoms with Crippen molar-refractivity contribution in [2.75, 3.05) is 20.3 Å². The number of amides is 1. The first-order valence-corrected chi connectivity index (χ1v) is 14.6. The number of benzene rings is 1. The van der Waals surface area contributed by atoms with Gasteiger partial charge in [-0.25, -0.2) is 14.4 Å². The van der Waals surface area contributed by atoms with Crippen molar-refractivity contribution >= 4 is 26.3 Å². The molecule has 0 radical (unpaired) electrons. The second kappa shape index (κ2) is 12.1. The van der Waals surface area contributed by atoms with Crippen molar-refractivity contribution in [3.8, 4) is 0 Å². The summed E-state index contributed by atoms with van der Waals surface area (Å²) in [7, 11) is -0.974. The third kappa shape index (κ3) is 7.71. The number of allylic oxidation sites excluding steroid dienone is 1. The molecular weight excluding hydrogens is 466 g/mol. The lowest BCUT2D eigenvalue weighted by Gasteiger charge is -2.36. The molecule has 0 bridgehead atoms. The van der Waals surface area contributed by atoms with Crippen LogP contribution in [0.25, 0.3) is 0 Å². The van der Waals surface area contributed by atoms with Gasteiger partial charge in [-0.2, -0.15) is 0 Å².